The molecule has 0 aliphatic carbocycles. The number of carbonyl (C=O) groups excluding carboxylic acids is 2. The third-order valence-electron chi connectivity index (χ3n) is 4.11. The Morgan fingerprint density at radius 2 is 1.62 bits per heavy atom. The highest BCUT2D eigenvalue weighted by Gasteiger charge is 2.31. The van der Waals surface area contributed by atoms with E-state index in [0.29, 0.717) is 17.1 Å². The van der Waals surface area contributed by atoms with Crippen LogP contribution in [-0.2, 0) is 9.63 Å². The van der Waals surface area contributed by atoms with Crippen molar-refractivity contribution in [1.82, 2.24) is 0 Å². The van der Waals surface area contributed by atoms with Crippen LogP contribution >= 0.6 is 0 Å². The fourth-order valence-corrected chi connectivity index (χ4v) is 2.69. The molecule has 29 heavy (non-hydrogen) atoms. The maximum Gasteiger partial charge on any atom is 0.366 e. The minimum absolute atomic E-state index is 0.0605. The van der Waals surface area contributed by atoms with E-state index in [0.717, 1.165) is 0 Å². The third kappa shape index (κ3) is 3.88. The number of ether oxygens (including phenoxy) is 3. The molecule has 3 rings (SSSR count). The summed E-state index contributed by atoms with van der Waals surface area (Å²) in [6.07, 6.45) is 0. The molecule has 0 N–H and O–H groups in total. The Bertz CT molecular complexity index is 976. The van der Waals surface area contributed by atoms with Gasteiger partial charge < -0.3 is 19.0 Å². The summed E-state index contributed by atoms with van der Waals surface area (Å²) in [6.45, 7) is 1.60. The summed E-state index contributed by atoms with van der Waals surface area (Å²) in [6, 6.07) is 11.7. The smallest absolute Gasteiger partial charge is 0.366 e. The number of hydrazone groups is 1. The number of amides is 1. The Morgan fingerprint density at radius 1 is 1.00 bits per heavy atom. The van der Waals surface area contributed by atoms with E-state index in [-0.39, 0.29) is 22.8 Å². The average molecular weight is 397 g/mol. The van der Waals surface area contributed by atoms with Gasteiger partial charge in [-0.2, -0.15) is 10.1 Å². The molecule has 0 spiro atoms. The first kappa shape index (κ1) is 19.9. The van der Waals surface area contributed by atoms with Gasteiger partial charge >= 0.3 is 11.9 Å². The zero-order valence-electron chi connectivity index (χ0n) is 16.3. The van der Waals surface area contributed by atoms with Gasteiger partial charge in [0.1, 0.15) is 0 Å². The number of benzene rings is 2. The minimum atomic E-state index is -0.796. The molecule has 0 atom stereocenters. The number of para-hydroxylation sites is 1. The topological polar surface area (TPSA) is 99.0 Å². The molecular weight excluding hydrogens is 378 g/mol. The van der Waals surface area contributed by atoms with Crippen LogP contribution in [0.1, 0.15) is 17.3 Å². The lowest BCUT2D eigenvalue weighted by molar-refractivity contribution is -0.112. The predicted octanol–water partition coefficient (Wildman–Crippen LogP) is 2.65. The average Bonchev–Trinajstić information content (AvgIpc) is 3.04. The van der Waals surface area contributed by atoms with Crippen molar-refractivity contribution >= 4 is 29.0 Å². The molecule has 1 aliphatic heterocycles. The fourth-order valence-electron chi connectivity index (χ4n) is 2.69. The number of hydrogen-bond acceptors (Lipinski definition) is 8. The highest BCUT2D eigenvalue weighted by atomic mass is 16.7. The first-order valence-electron chi connectivity index (χ1n) is 8.54. The lowest BCUT2D eigenvalue weighted by atomic mass is 10.2. The van der Waals surface area contributed by atoms with Gasteiger partial charge in [0, 0.05) is 0 Å². The van der Waals surface area contributed by atoms with E-state index < -0.39 is 11.9 Å². The van der Waals surface area contributed by atoms with Crippen molar-refractivity contribution in [3.8, 4) is 17.2 Å². The van der Waals surface area contributed by atoms with Gasteiger partial charge in [0.05, 0.1) is 38.3 Å². The lowest BCUT2D eigenvalue weighted by Crippen LogP contribution is -2.27. The number of methoxy groups -OCH3 is 3. The summed E-state index contributed by atoms with van der Waals surface area (Å²) >= 11 is 0. The molecule has 0 unspecified atom stereocenters. The Morgan fingerprint density at radius 3 is 2.17 bits per heavy atom. The number of anilines is 1. The number of oxime groups is 1. The second-order valence-electron chi connectivity index (χ2n) is 5.87. The van der Waals surface area contributed by atoms with Crippen molar-refractivity contribution in [2.24, 2.45) is 10.3 Å². The quantitative estimate of drug-likeness (QED) is 0.549. The highest BCUT2D eigenvalue weighted by Crippen LogP contribution is 2.38. The Hall–Kier alpha value is -3.88. The molecule has 2 aromatic carbocycles. The number of rotatable bonds is 6. The number of nitrogens with zero attached hydrogens (tertiary/aromatic N) is 3. The minimum Gasteiger partial charge on any atom is -0.493 e. The third-order valence-corrected chi connectivity index (χ3v) is 4.11. The van der Waals surface area contributed by atoms with E-state index in [9.17, 15) is 9.59 Å². The van der Waals surface area contributed by atoms with Crippen LogP contribution in [-0.4, -0.2) is 44.6 Å². The van der Waals surface area contributed by atoms with Crippen molar-refractivity contribution in [1.29, 1.82) is 0 Å². The van der Waals surface area contributed by atoms with Gasteiger partial charge in [0.2, 0.25) is 5.75 Å². The van der Waals surface area contributed by atoms with E-state index in [2.05, 4.69) is 10.3 Å². The molecule has 9 heteroatoms. The second-order valence-corrected chi connectivity index (χ2v) is 5.87. The summed E-state index contributed by atoms with van der Waals surface area (Å²) in [4.78, 5) is 30.0. The first-order chi connectivity index (χ1) is 14.0. The number of hydrogen-bond donors (Lipinski definition) is 0. The molecule has 0 fully saturated rings. The molecule has 150 valence electrons. The second kappa shape index (κ2) is 8.42. The van der Waals surface area contributed by atoms with E-state index in [4.69, 9.17) is 19.0 Å². The molecule has 0 bridgehead atoms. The summed E-state index contributed by atoms with van der Waals surface area (Å²) < 4.78 is 15.7. The maximum absolute atomic E-state index is 12.6. The molecule has 2 aromatic rings. The summed E-state index contributed by atoms with van der Waals surface area (Å²) in [7, 11) is 4.32. The van der Waals surface area contributed by atoms with Gasteiger partial charge in [-0.1, -0.05) is 23.4 Å². The highest BCUT2D eigenvalue weighted by molar-refractivity contribution is 6.71. The standard InChI is InChI=1S/C20H19N3O6/c1-12-17(19(24)23(21-12)14-8-6-5-7-9-14)22-29-20(25)13-10-15(26-2)18(28-4)16(11-13)27-3/h5-11H,1-4H3/b22-17+. The van der Waals surface area contributed by atoms with Crippen LogP contribution in [0.5, 0.6) is 17.2 Å². The molecular formula is C20H19N3O6. The van der Waals surface area contributed by atoms with Crippen LogP contribution in [0, 0.1) is 0 Å². The van der Waals surface area contributed by atoms with E-state index in [1.807, 2.05) is 6.07 Å². The van der Waals surface area contributed by atoms with Crippen molar-refractivity contribution in [2.45, 2.75) is 6.92 Å². The molecule has 0 saturated carbocycles. The van der Waals surface area contributed by atoms with E-state index >= 15 is 0 Å². The molecule has 1 aliphatic rings. The summed E-state index contributed by atoms with van der Waals surface area (Å²) in [5.74, 6) is -0.375. The van der Waals surface area contributed by atoms with E-state index in [1.165, 1.54) is 38.5 Å². The maximum atomic E-state index is 12.6. The van der Waals surface area contributed by atoms with Gasteiger partial charge in [0.25, 0.3) is 0 Å². The summed E-state index contributed by atoms with van der Waals surface area (Å²) in [5.41, 5.74) is 0.966. The van der Waals surface area contributed by atoms with Crippen LogP contribution in [0.25, 0.3) is 0 Å². The monoisotopic (exact) mass is 397 g/mol. The summed E-state index contributed by atoms with van der Waals surface area (Å²) in [5, 5.41) is 9.09. The molecule has 1 amide bonds. The van der Waals surface area contributed by atoms with Gasteiger partial charge in [-0.25, -0.2) is 4.79 Å². The van der Waals surface area contributed by atoms with E-state index in [1.54, 1.807) is 31.2 Å². The molecule has 0 saturated heterocycles. The molecule has 0 radical (unpaired) electrons. The Kier molecular flexibility index (Phi) is 5.77. The zero-order chi connectivity index (χ0) is 21.0. The van der Waals surface area contributed by atoms with Crippen molar-refractivity contribution < 1.29 is 28.6 Å². The van der Waals surface area contributed by atoms with Crippen LogP contribution in [0.3, 0.4) is 0 Å². The van der Waals surface area contributed by atoms with Gasteiger partial charge in [-0.15, -0.1) is 0 Å². The fraction of sp³-hybridized carbons (Fsp3) is 0.200. The van der Waals surface area contributed by atoms with Crippen molar-refractivity contribution in [2.75, 3.05) is 26.3 Å². The Balaban J connectivity index is 1.82. The molecule has 0 aromatic heterocycles. The SMILES string of the molecule is COc1cc(C(=O)O/N=C2/C(=O)N(c3ccccc3)N=C2C)cc(OC)c1OC. The lowest BCUT2D eigenvalue weighted by Gasteiger charge is -2.13. The largest absolute Gasteiger partial charge is 0.493 e. The van der Waals surface area contributed by atoms with Gasteiger partial charge in [-0.3, -0.25) is 4.79 Å². The van der Waals surface area contributed by atoms with Crippen LogP contribution in [0.2, 0.25) is 0 Å². The number of carbonyl (C=O) groups is 2. The zero-order valence-corrected chi connectivity index (χ0v) is 16.3. The molecule has 1 heterocycles. The van der Waals surface area contributed by atoms with Gasteiger partial charge in [-0.05, 0) is 31.2 Å². The van der Waals surface area contributed by atoms with Gasteiger partial charge in [0.15, 0.2) is 17.2 Å². The predicted molar refractivity (Wildman–Crippen MR) is 106 cm³/mol. The van der Waals surface area contributed by atoms with Crippen molar-refractivity contribution in [3.05, 3.63) is 48.0 Å². The van der Waals surface area contributed by atoms with Crippen molar-refractivity contribution in [3.63, 3.8) is 0 Å². The molecule has 9 nitrogen and oxygen atoms in total. The van der Waals surface area contributed by atoms with Crippen LogP contribution in [0.15, 0.2) is 52.7 Å². The first-order valence-corrected chi connectivity index (χ1v) is 8.54. The van der Waals surface area contributed by atoms with Crippen LogP contribution in [0.4, 0.5) is 5.69 Å². The normalized spacial score (nSPS) is 14.6. The van der Waals surface area contributed by atoms with Crippen LogP contribution < -0.4 is 19.2 Å². The Labute approximate surface area is 167 Å².